The van der Waals surface area contributed by atoms with Crippen LogP contribution in [-0.2, 0) is 6.54 Å². The van der Waals surface area contributed by atoms with Gasteiger partial charge in [0.1, 0.15) is 11.6 Å². The topological polar surface area (TPSA) is 47.0 Å². The number of ether oxygens (including phenoxy) is 1. The van der Waals surface area contributed by atoms with Gasteiger partial charge in [0.25, 0.3) is 0 Å². The predicted molar refractivity (Wildman–Crippen MR) is 79.1 cm³/mol. The summed E-state index contributed by atoms with van der Waals surface area (Å²) in [7, 11) is 1.65. The van der Waals surface area contributed by atoms with E-state index in [-0.39, 0.29) is 5.28 Å². The van der Waals surface area contributed by atoms with Gasteiger partial charge in [0.05, 0.1) is 12.0 Å². The lowest BCUT2D eigenvalue weighted by Crippen LogP contribution is -2.03. The molecule has 0 radical (unpaired) electrons. The van der Waals surface area contributed by atoms with Crippen LogP contribution in [-0.4, -0.2) is 23.3 Å². The van der Waals surface area contributed by atoms with Gasteiger partial charge in [-0.3, -0.25) is 0 Å². The Morgan fingerprint density at radius 2 is 2.05 bits per heavy atom. The highest BCUT2D eigenvalue weighted by Crippen LogP contribution is 2.24. The molecule has 0 aliphatic heterocycles. The molecule has 0 unspecified atom stereocenters. The van der Waals surface area contributed by atoms with Crippen LogP contribution in [0.4, 0.5) is 5.82 Å². The second kappa shape index (κ2) is 6.63. The fourth-order valence-corrected chi connectivity index (χ4v) is 2.16. The van der Waals surface area contributed by atoms with Gasteiger partial charge in [0.2, 0.25) is 5.28 Å². The lowest BCUT2D eigenvalue weighted by atomic mass is 10.2. The summed E-state index contributed by atoms with van der Waals surface area (Å²) in [4.78, 5) is 9.13. The third-order valence-electron chi connectivity index (χ3n) is 2.56. The quantitative estimate of drug-likeness (QED) is 0.676. The number of nitrogens with zero attached hydrogens (tertiary/aromatic N) is 2. The van der Waals surface area contributed by atoms with E-state index in [1.54, 1.807) is 25.1 Å². The normalized spacial score (nSPS) is 10.3. The summed E-state index contributed by atoms with van der Waals surface area (Å²) in [6.45, 7) is 0.672. The first kappa shape index (κ1) is 14.0. The zero-order chi connectivity index (χ0) is 13.7. The molecule has 0 spiro atoms. The maximum Gasteiger partial charge on any atom is 0.224 e. The Balaban J connectivity index is 2.07. The van der Waals surface area contributed by atoms with Crippen LogP contribution in [0.25, 0.3) is 0 Å². The van der Waals surface area contributed by atoms with Crippen molar-refractivity contribution in [3.05, 3.63) is 41.3 Å². The van der Waals surface area contributed by atoms with Gasteiger partial charge in [0, 0.05) is 12.7 Å². The van der Waals surface area contributed by atoms with E-state index in [0.29, 0.717) is 6.54 Å². The molecule has 2 rings (SSSR count). The minimum absolute atomic E-state index is 0.245. The average Bonchev–Trinajstić information content (AvgIpc) is 2.46. The number of anilines is 1. The number of benzene rings is 1. The van der Waals surface area contributed by atoms with Crippen molar-refractivity contribution in [3.8, 4) is 5.75 Å². The molecule has 6 heteroatoms. The Morgan fingerprint density at radius 3 is 2.68 bits per heavy atom. The van der Waals surface area contributed by atoms with E-state index in [4.69, 9.17) is 16.3 Å². The molecular weight excluding hydrogens is 282 g/mol. The Morgan fingerprint density at radius 1 is 1.32 bits per heavy atom. The lowest BCUT2D eigenvalue weighted by molar-refractivity contribution is 0.414. The van der Waals surface area contributed by atoms with Crippen LogP contribution in [0, 0.1) is 0 Å². The van der Waals surface area contributed by atoms with Gasteiger partial charge in [0.15, 0.2) is 0 Å². The van der Waals surface area contributed by atoms with E-state index in [9.17, 15) is 0 Å². The van der Waals surface area contributed by atoms with Crippen LogP contribution in [0.5, 0.6) is 5.75 Å². The summed E-state index contributed by atoms with van der Waals surface area (Å²) < 4.78 is 5.12. The predicted octanol–water partition coefficient (Wildman–Crippen LogP) is 3.47. The van der Waals surface area contributed by atoms with Crippen LogP contribution in [0.1, 0.15) is 5.56 Å². The van der Waals surface area contributed by atoms with Crippen molar-refractivity contribution in [3.63, 3.8) is 0 Å². The molecule has 4 nitrogen and oxygen atoms in total. The monoisotopic (exact) mass is 295 g/mol. The largest absolute Gasteiger partial charge is 0.497 e. The molecule has 0 atom stereocenters. The first-order valence-corrected chi connectivity index (χ1v) is 7.26. The maximum absolute atomic E-state index is 5.81. The summed E-state index contributed by atoms with van der Waals surface area (Å²) in [5.74, 6) is 1.60. The first-order valence-electron chi connectivity index (χ1n) is 5.66. The molecule has 0 aliphatic carbocycles. The lowest BCUT2D eigenvalue weighted by Gasteiger charge is -2.09. The molecule has 0 fully saturated rings. The van der Waals surface area contributed by atoms with Crippen molar-refractivity contribution >= 4 is 29.2 Å². The molecule has 2 aromatic rings. The summed E-state index contributed by atoms with van der Waals surface area (Å²) in [5.41, 5.74) is 1.14. The highest BCUT2D eigenvalue weighted by atomic mass is 35.5. The number of halogens is 1. The molecule has 1 N–H and O–H groups in total. The van der Waals surface area contributed by atoms with Crippen molar-refractivity contribution in [2.75, 3.05) is 18.7 Å². The highest BCUT2D eigenvalue weighted by Gasteiger charge is 2.05. The minimum atomic E-state index is 0.245. The van der Waals surface area contributed by atoms with Crippen LogP contribution < -0.4 is 10.1 Å². The van der Waals surface area contributed by atoms with Crippen molar-refractivity contribution in [1.29, 1.82) is 0 Å². The molecule has 19 heavy (non-hydrogen) atoms. The number of rotatable bonds is 5. The first-order chi connectivity index (χ1) is 9.22. The molecule has 0 amide bonds. The van der Waals surface area contributed by atoms with Crippen LogP contribution in [0.3, 0.4) is 0 Å². The number of nitrogens with one attached hydrogen (secondary N) is 1. The molecule has 1 aromatic carbocycles. The third-order valence-corrected chi connectivity index (χ3v) is 3.49. The minimum Gasteiger partial charge on any atom is -0.497 e. The number of thioether (sulfide) groups is 1. The summed E-state index contributed by atoms with van der Waals surface area (Å²) in [5, 5.41) is 3.51. The van der Waals surface area contributed by atoms with E-state index in [1.165, 1.54) is 0 Å². The Hall–Kier alpha value is -1.46. The second-order valence-corrected chi connectivity index (χ2v) is 4.94. The number of hydrogen-bond acceptors (Lipinski definition) is 5. The molecule has 0 aliphatic rings. The highest BCUT2D eigenvalue weighted by molar-refractivity contribution is 7.98. The fourth-order valence-electron chi connectivity index (χ4n) is 1.55. The summed E-state index contributed by atoms with van der Waals surface area (Å²) in [6, 6.07) is 7.87. The van der Waals surface area contributed by atoms with E-state index in [2.05, 4.69) is 15.3 Å². The fraction of sp³-hybridized carbons (Fsp3) is 0.231. The van der Waals surface area contributed by atoms with Gasteiger partial charge < -0.3 is 10.1 Å². The van der Waals surface area contributed by atoms with Crippen LogP contribution in [0.15, 0.2) is 35.4 Å². The average molecular weight is 296 g/mol. The van der Waals surface area contributed by atoms with Crippen molar-refractivity contribution in [1.82, 2.24) is 9.97 Å². The number of methoxy groups -OCH3 is 1. The summed E-state index contributed by atoms with van der Waals surface area (Å²) in [6.07, 6.45) is 3.70. The standard InChI is InChI=1S/C13H14ClN3OS/c1-18-10-5-3-9(4-6-10)7-15-12-11(19-2)8-16-13(14)17-12/h3-6,8H,7H2,1-2H3,(H,15,16,17). The molecule has 0 saturated heterocycles. The Labute approximate surface area is 121 Å². The zero-order valence-electron chi connectivity index (χ0n) is 10.7. The molecule has 0 saturated carbocycles. The smallest absolute Gasteiger partial charge is 0.224 e. The van der Waals surface area contributed by atoms with Crippen LogP contribution in [0.2, 0.25) is 5.28 Å². The van der Waals surface area contributed by atoms with Gasteiger partial charge in [-0.05, 0) is 35.6 Å². The van der Waals surface area contributed by atoms with Gasteiger partial charge in [-0.2, -0.15) is 4.98 Å². The molecular formula is C13H14ClN3OS. The van der Waals surface area contributed by atoms with Crippen molar-refractivity contribution in [2.24, 2.45) is 0 Å². The van der Waals surface area contributed by atoms with E-state index < -0.39 is 0 Å². The molecule has 1 heterocycles. The van der Waals surface area contributed by atoms with Gasteiger partial charge in [-0.25, -0.2) is 4.98 Å². The van der Waals surface area contributed by atoms with Gasteiger partial charge >= 0.3 is 0 Å². The van der Waals surface area contributed by atoms with Crippen LogP contribution >= 0.6 is 23.4 Å². The molecule has 0 bridgehead atoms. The van der Waals surface area contributed by atoms with E-state index in [1.807, 2.05) is 30.5 Å². The number of hydrogen-bond donors (Lipinski definition) is 1. The Kier molecular flexibility index (Phi) is 4.87. The molecule has 100 valence electrons. The van der Waals surface area contributed by atoms with E-state index >= 15 is 0 Å². The SMILES string of the molecule is COc1ccc(CNc2nc(Cl)ncc2SC)cc1. The third kappa shape index (κ3) is 3.75. The van der Waals surface area contributed by atoms with Crippen molar-refractivity contribution in [2.45, 2.75) is 11.4 Å². The second-order valence-electron chi connectivity index (χ2n) is 3.76. The maximum atomic E-state index is 5.81. The van der Waals surface area contributed by atoms with E-state index in [0.717, 1.165) is 22.0 Å². The molecule has 1 aromatic heterocycles. The summed E-state index contributed by atoms with van der Waals surface area (Å²) >= 11 is 7.39. The Bertz CT molecular complexity index is 548. The van der Waals surface area contributed by atoms with Gasteiger partial charge in [-0.15, -0.1) is 11.8 Å². The van der Waals surface area contributed by atoms with Gasteiger partial charge in [-0.1, -0.05) is 12.1 Å². The van der Waals surface area contributed by atoms with Crippen molar-refractivity contribution < 1.29 is 4.74 Å². The number of aromatic nitrogens is 2. The zero-order valence-corrected chi connectivity index (χ0v) is 12.3.